The zero-order valence-corrected chi connectivity index (χ0v) is 16.2. The lowest BCUT2D eigenvalue weighted by Gasteiger charge is -2.13. The Morgan fingerprint density at radius 2 is 1.87 bits per heavy atom. The van der Waals surface area contributed by atoms with E-state index < -0.39 is 11.5 Å². The van der Waals surface area contributed by atoms with Gasteiger partial charge in [0.05, 0.1) is 6.54 Å². The van der Waals surface area contributed by atoms with Gasteiger partial charge in [-0.05, 0) is 48.0 Å². The number of benzene rings is 2. The molecule has 31 heavy (non-hydrogen) atoms. The van der Waals surface area contributed by atoms with Crippen molar-refractivity contribution in [1.82, 2.24) is 9.55 Å². The Balaban J connectivity index is 1.54. The van der Waals surface area contributed by atoms with Gasteiger partial charge >= 0.3 is 0 Å². The summed E-state index contributed by atoms with van der Waals surface area (Å²) in [6.07, 6.45) is 1.58. The number of anilines is 1. The number of pyridine rings is 2. The number of fused-ring (bicyclic) bond motifs is 2. The third kappa shape index (κ3) is 3.59. The number of amides is 1. The number of carbonyl (C=O) groups excluding carboxylic acids is 1. The summed E-state index contributed by atoms with van der Waals surface area (Å²) in [5, 5.41) is 3.37. The van der Waals surface area contributed by atoms with Crippen molar-refractivity contribution >= 4 is 22.6 Å². The number of aromatic nitrogens is 2. The van der Waals surface area contributed by atoms with E-state index in [0.717, 1.165) is 0 Å². The summed E-state index contributed by atoms with van der Waals surface area (Å²) >= 11 is 0. The SMILES string of the molecule is O=C(Nc1ccc2c(c1)OCO2)c1cc2cccnc2n(Cc2ccc(F)cc2)c1=O. The minimum absolute atomic E-state index is 0.0275. The highest BCUT2D eigenvalue weighted by Gasteiger charge is 2.19. The van der Waals surface area contributed by atoms with E-state index in [-0.39, 0.29) is 24.7 Å². The first-order chi connectivity index (χ1) is 15.1. The standard InChI is InChI=1S/C23H16FN3O4/c24-16-5-3-14(4-6-16)12-27-21-15(2-1-9-25-21)10-18(23(27)29)22(28)26-17-7-8-19-20(11-17)31-13-30-19/h1-11H,12-13H2,(H,26,28). The van der Waals surface area contributed by atoms with Crippen LogP contribution in [0.3, 0.4) is 0 Å². The molecule has 2 aromatic heterocycles. The molecule has 0 fully saturated rings. The van der Waals surface area contributed by atoms with E-state index in [4.69, 9.17) is 9.47 Å². The fourth-order valence-electron chi connectivity index (χ4n) is 3.46. The van der Waals surface area contributed by atoms with Crippen molar-refractivity contribution < 1.29 is 18.7 Å². The minimum Gasteiger partial charge on any atom is -0.454 e. The van der Waals surface area contributed by atoms with E-state index in [0.29, 0.717) is 33.8 Å². The van der Waals surface area contributed by atoms with Gasteiger partial charge in [0.1, 0.15) is 17.0 Å². The summed E-state index contributed by atoms with van der Waals surface area (Å²) < 4.78 is 25.3. The van der Waals surface area contributed by atoms with Crippen LogP contribution in [0.25, 0.3) is 11.0 Å². The molecular formula is C23H16FN3O4. The second kappa shape index (κ2) is 7.56. The molecule has 0 bridgehead atoms. The Kier molecular flexibility index (Phi) is 4.59. The van der Waals surface area contributed by atoms with Crippen LogP contribution in [0.15, 0.2) is 71.7 Å². The fraction of sp³-hybridized carbons (Fsp3) is 0.0870. The van der Waals surface area contributed by atoms with Crippen molar-refractivity contribution in [3.63, 3.8) is 0 Å². The normalized spacial score (nSPS) is 12.2. The number of carbonyl (C=O) groups is 1. The quantitative estimate of drug-likeness (QED) is 0.549. The highest BCUT2D eigenvalue weighted by atomic mass is 19.1. The molecule has 3 heterocycles. The molecule has 1 aliphatic rings. The number of nitrogens with zero attached hydrogens (tertiary/aromatic N) is 2. The molecule has 2 aromatic carbocycles. The van der Waals surface area contributed by atoms with Gasteiger partial charge < -0.3 is 14.8 Å². The third-order valence-corrected chi connectivity index (χ3v) is 4.98. The van der Waals surface area contributed by atoms with Gasteiger partial charge in [0.15, 0.2) is 11.5 Å². The molecule has 1 aliphatic heterocycles. The molecule has 0 atom stereocenters. The van der Waals surface area contributed by atoms with Crippen LogP contribution < -0.4 is 20.3 Å². The van der Waals surface area contributed by atoms with Gasteiger partial charge in [-0.15, -0.1) is 0 Å². The number of nitrogens with one attached hydrogen (secondary N) is 1. The molecule has 0 saturated heterocycles. The molecule has 154 valence electrons. The Labute approximate surface area is 175 Å². The lowest BCUT2D eigenvalue weighted by molar-refractivity contribution is 0.102. The van der Waals surface area contributed by atoms with E-state index in [1.165, 1.54) is 22.8 Å². The average Bonchev–Trinajstić information content (AvgIpc) is 3.24. The monoisotopic (exact) mass is 417 g/mol. The zero-order valence-electron chi connectivity index (χ0n) is 16.2. The van der Waals surface area contributed by atoms with Gasteiger partial charge in [-0.25, -0.2) is 9.37 Å². The third-order valence-electron chi connectivity index (χ3n) is 4.98. The molecule has 8 heteroatoms. The molecule has 1 amide bonds. The second-order valence-electron chi connectivity index (χ2n) is 7.01. The van der Waals surface area contributed by atoms with Crippen LogP contribution in [0, 0.1) is 5.82 Å². The van der Waals surface area contributed by atoms with Gasteiger partial charge in [0.2, 0.25) is 6.79 Å². The van der Waals surface area contributed by atoms with Crippen molar-refractivity contribution in [2.24, 2.45) is 0 Å². The van der Waals surface area contributed by atoms with E-state index in [9.17, 15) is 14.0 Å². The summed E-state index contributed by atoms with van der Waals surface area (Å²) in [4.78, 5) is 30.5. The molecule has 7 nitrogen and oxygen atoms in total. The Hall–Kier alpha value is -4.20. The van der Waals surface area contributed by atoms with Gasteiger partial charge in [-0.3, -0.25) is 14.2 Å². The van der Waals surface area contributed by atoms with Crippen LogP contribution in [0.5, 0.6) is 11.5 Å². The minimum atomic E-state index is -0.553. The first kappa shape index (κ1) is 18.8. The maximum atomic E-state index is 13.3. The smallest absolute Gasteiger partial charge is 0.265 e. The lowest BCUT2D eigenvalue weighted by Crippen LogP contribution is -2.30. The summed E-state index contributed by atoms with van der Waals surface area (Å²) in [6.45, 7) is 0.274. The maximum Gasteiger partial charge on any atom is 0.265 e. The molecule has 0 aliphatic carbocycles. The predicted molar refractivity (Wildman–Crippen MR) is 112 cm³/mol. The Morgan fingerprint density at radius 1 is 1.06 bits per heavy atom. The second-order valence-corrected chi connectivity index (χ2v) is 7.01. The number of hydrogen-bond donors (Lipinski definition) is 1. The highest BCUT2D eigenvalue weighted by molar-refractivity contribution is 6.05. The van der Waals surface area contributed by atoms with Gasteiger partial charge in [-0.1, -0.05) is 12.1 Å². The van der Waals surface area contributed by atoms with Crippen molar-refractivity contribution in [3.05, 3.63) is 94.2 Å². The topological polar surface area (TPSA) is 82.4 Å². The summed E-state index contributed by atoms with van der Waals surface area (Å²) in [7, 11) is 0. The van der Waals surface area contributed by atoms with Crippen LogP contribution in [0.4, 0.5) is 10.1 Å². The summed E-state index contributed by atoms with van der Waals surface area (Å²) in [5.41, 5.74) is 1.11. The van der Waals surface area contributed by atoms with Crippen LogP contribution >= 0.6 is 0 Å². The predicted octanol–water partition coefficient (Wildman–Crippen LogP) is 3.56. The maximum absolute atomic E-state index is 13.3. The van der Waals surface area contributed by atoms with Gasteiger partial charge in [0, 0.05) is 23.3 Å². The average molecular weight is 417 g/mol. The summed E-state index contributed by atoms with van der Waals surface area (Å²) in [5.74, 6) is 0.198. The van der Waals surface area contributed by atoms with Crippen LogP contribution in [-0.2, 0) is 6.54 Å². The highest BCUT2D eigenvalue weighted by Crippen LogP contribution is 2.34. The van der Waals surface area contributed by atoms with Gasteiger partial charge in [0.25, 0.3) is 11.5 Å². The summed E-state index contributed by atoms with van der Waals surface area (Å²) in [6, 6.07) is 15.9. The number of ether oxygens (including phenoxy) is 2. The molecular weight excluding hydrogens is 401 g/mol. The van der Waals surface area contributed by atoms with Crippen LogP contribution in [-0.4, -0.2) is 22.3 Å². The fourth-order valence-corrected chi connectivity index (χ4v) is 3.46. The van der Waals surface area contributed by atoms with Crippen molar-refractivity contribution in [3.8, 4) is 11.5 Å². The molecule has 5 rings (SSSR count). The lowest BCUT2D eigenvalue weighted by atomic mass is 10.1. The Morgan fingerprint density at radius 3 is 2.71 bits per heavy atom. The van der Waals surface area contributed by atoms with E-state index in [1.807, 2.05) is 0 Å². The zero-order chi connectivity index (χ0) is 21.4. The molecule has 0 saturated carbocycles. The molecule has 0 radical (unpaired) electrons. The van der Waals surface area contributed by atoms with Crippen molar-refractivity contribution in [1.29, 1.82) is 0 Å². The number of rotatable bonds is 4. The first-order valence-corrected chi connectivity index (χ1v) is 9.52. The largest absolute Gasteiger partial charge is 0.454 e. The number of halogens is 1. The van der Waals surface area contributed by atoms with Crippen molar-refractivity contribution in [2.45, 2.75) is 6.54 Å². The Bertz CT molecular complexity index is 1370. The molecule has 4 aromatic rings. The van der Waals surface area contributed by atoms with Crippen LogP contribution in [0.2, 0.25) is 0 Å². The first-order valence-electron chi connectivity index (χ1n) is 9.52. The number of hydrogen-bond acceptors (Lipinski definition) is 5. The van der Waals surface area contributed by atoms with E-state index in [2.05, 4.69) is 10.3 Å². The molecule has 0 unspecified atom stereocenters. The van der Waals surface area contributed by atoms with Crippen LogP contribution in [0.1, 0.15) is 15.9 Å². The van der Waals surface area contributed by atoms with Crippen molar-refractivity contribution in [2.75, 3.05) is 12.1 Å². The molecule has 0 spiro atoms. The van der Waals surface area contributed by atoms with E-state index in [1.54, 1.807) is 48.7 Å². The van der Waals surface area contributed by atoms with Gasteiger partial charge in [-0.2, -0.15) is 0 Å². The van der Waals surface area contributed by atoms with E-state index >= 15 is 0 Å². The molecule has 1 N–H and O–H groups in total.